The van der Waals surface area contributed by atoms with E-state index in [-0.39, 0.29) is 18.0 Å². The number of amides is 2. The van der Waals surface area contributed by atoms with Crippen LogP contribution < -0.4 is 10.2 Å². The number of phenols is 2. The first-order valence-corrected chi connectivity index (χ1v) is 7.76. The first-order chi connectivity index (χ1) is 12.4. The molecule has 2 amide bonds. The molecule has 0 saturated carbocycles. The molecule has 0 aliphatic carbocycles. The van der Waals surface area contributed by atoms with E-state index in [1.807, 2.05) is 0 Å². The van der Waals surface area contributed by atoms with Gasteiger partial charge in [0.25, 0.3) is 5.91 Å². The molecule has 0 fully saturated rings. The van der Waals surface area contributed by atoms with Crippen LogP contribution in [0.3, 0.4) is 0 Å². The quantitative estimate of drug-likeness (QED) is 0.568. The van der Waals surface area contributed by atoms with Gasteiger partial charge in [0.15, 0.2) is 18.1 Å². The number of phenolic OH excluding ortho intramolecular Hbond substituents is 2. The summed E-state index contributed by atoms with van der Waals surface area (Å²) in [5.41, 5.74) is 1.14. The highest BCUT2D eigenvalue weighted by atomic mass is 16.5. The topological polar surface area (TPSA) is 116 Å². The molecule has 2 aromatic carbocycles. The molecule has 0 radical (unpaired) electrons. The Morgan fingerprint density at radius 3 is 2.65 bits per heavy atom. The number of carbonyl (C=O) groups is 3. The molecular formula is C18H16N2O6. The van der Waals surface area contributed by atoms with Crippen LogP contribution in [0.2, 0.25) is 0 Å². The normalized spacial score (nSPS) is 13.0. The Balaban J connectivity index is 1.73. The standard InChI is InChI=1S/C18H16N2O6/c1-10-6-7-11(17(24)16(10)23)18(25)26-9-15(22)20-8-14(21)19-12-4-2-3-5-13(12)20/h2-7,23-24H,8-9H2,1H3,(H,19,21). The second-order valence-corrected chi connectivity index (χ2v) is 5.75. The number of rotatable bonds is 3. The third kappa shape index (κ3) is 3.16. The van der Waals surface area contributed by atoms with Gasteiger partial charge in [0.2, 0.25) is 5.91 Å². The lowest BCUT2D eigenvalue weighted by atomic mass is 10.1. The van der Waals surface area contributed by atoms with Crippen LogP contribution >= 0.6 is 0 Å². The highest BCUT2D eigenvalue weighted by Crippen LogP contribution is 2.32. The van der Waals surface area contributed by atoms with Crippen molar-refractivity contribution in [2.45, 2.75) is 6.92 Å². The zero-order valence-corrected chi connectivity index (χ0v) is 13.9. The predicted molar refractivity (Wildman–Crippen MR) is 92.2 cm³/mol. The van der Waals surface area contributed by atoms with Gasteiger partial charge in [-0.05, 0) is 30.7 Å². The van der Waals surface area contributed by atoms with E-state index in [4.69, 9.17) is 4.74 Å². The summed E-state index contributed by atoms with van der Waals surface area (Å²) < 4.78 is 4.94. The molecule has 0 aromatic heterocycles. The number of hydrogen-bond acceptors (Lipinski definition) is 6. The fourth-order valence-electron chi connectivity index (χ4n) is 2.58. The van der Waals surface area contributed by atoms with Crippen LogP contribution in [0.25, 0.3) is 0 Å². The van der Waals surface area contributed by atoms with Crippen molar-refractivity contribution in [2.75, 3.05) is 23.4 Å². The summed E-state index contributed by atoms with van der Waals surface area (Å²) in [6.45, 7) is 0.755. The number of aryl methyl sites for hydroxylation is 1. The Morgan fingerprint density at radius 1 is 1.15 bits per heavy atom. The highest BCUT2D eigenvalue weighted by Gasteiger charge is 2.27. The molecule has 8 heteroatoms. The lowest BCUT2D eigenvalue weighted by Gasteiger charge is -2.28. The van der Waals surface area contributed by atoms with Gasteiger partial charge < -0.3 is 20.3 Å². The molecule has 1 heterocycles. The second kappa shape index (κ2) is 6.75. The van der Waals surface area contributed by atoms with Crippen LogP contribution in [0.15, 0.2) is 36.4 Å². The third-order valence-electron chi connectivity index (χ3n) is 3.97. The Morgan fingerprint density at radius 2 is 1.88 bits per heavy atom. The van der Waals surface area contributed by atoms with Crippen molar-refractivity contribution in [3.8, 4) is 11.5 Å². The molecule has 1 aliphatic rings. The fourth-order valence-corrected chi connectivity index (χ4v) is 2.58. The lowest BCUT2D eigenvalue weighted by molar-refractivity contribution is -0.124. The van der Waals surface area contributed by atoms with Crippen molar-refractivity contribution in [1.82, 2.24) is 0 Å². The number of hydrogen-bond donors (Lipinski definition) is 3. The van der Waals surface area contributed by atoms with Gasteiger partial charge in [0, 0.05) is 0 Å². The SMILES string of the molecule is Cc1ccc(C(=O)OCC(=O)N2CC(=O)Nc3ccccc32)c(O)c1O. The molecule has 0 atom stereocenters. The van der Waals surface area contributed by atoms with E-state index in [0.717, 1.165) is 0 Å². The van der Waals surface area contributed by atoms with Crippen molar-refractivity contribution in [2.24, 2.45) is 0 Å². The van der Waals surface area contributed by atoms with Crippen molar-refractivity contribution >= 4 is 29.2 Å². The Bertz CT molecular complexity index is 909. The van der Waals surface area contributed by atoms with Crippen molar-refractivity contribution in [3.63, 3.8) is 0 Å². The first kappa shape index (κ1) is 17.3. The van der Waals surface area contributed by atoms with E-state index in [0.29, 0.717) is 16.9 Å². The summed E-state index contributed by atoms with van der Waals surface area (Å²) in [4.78, 5) is 37.4. The molecule has 8 nitrogen and oxygen atoms in total. The van der Waals surface area contributed by atoms with Crippen LogP contribution in [-0.4, -0.2) is 41.1 Å². The summed E-state index contributed by atoms with van der Waals surface area (Å²) in [6, 6.07) is 9.50. The molecule has 3 N–H and O–H groups in total. The molecule has 26 heavy (non-hydrogen) atoms. The van der Waals surface area contributed by atoms with E-state index < -0.39 is 30.0 Å². The van der Waals surface area contributed by atoms with Crippen molar-refractivity contribution in [1.29, 1.82) is 0 Å². The van der Waals surface area contributed by atoms with E-state index >= 15 is 0 Å². The van der Waals surface area contributed by atoms with Crippen LogP contribution in [0.5, 0.6) is 11.5 Å². The van der Waals surface area contributed by atoms with Gasteiger partial charge in [-0.1, -0.05) is 18.2 Å². The predicted octanol–water partition coefficient (Wildman–Crippen LogP) is 1.55. The third-order valence-corrected chi connectivity index (χ3v) is 3.97. The number of benzene rings is 2. The Kier molecular flexibility index (Phi) is 4.49. The van der Waals surface area contributed by atoms with Gasteiger partial charge >= 0.3 is 5.97 Å². The van der Waals surface area contributed by atoms with E-state index in [1.54, 1.807) is 31.2 Å². The molecule has 0 saturated heterocycles. The molecule has 134 valence electrons. The van der Waals surface area contributed by atoms with Crippen molar-refractivity contribution in [3.05, 3.63) is 47.5 Å². The van der Waals surface area contributed by atoms with Gasteiger partial charge in [0.05, 0.1) is 11.4 Å². The molecule has 3 rings (SSSR count). The van der Waals surface area contributed by atoms with Gasteiger partial charge in [0.1, 0.15) is 12.1 Å². The van der Waals surface area contributed by atoms with E-state index in [1.165, 1.54) is 17.0 Å². The minimum Gasteiger partial charge on any atom is -0.504 e. The van der Waals surface area contributed by atoms with Crippen LogP contribution in [-0.2, 0) is 14.3 Å². The number of ether oxygens (including phenoxy) is 1. The summed E-state index contributed by atoms with van der Waals surface area (Å²) in [6.07, 6.45) is 0. The summed E-state index contributed by atoms with van der Waals surface area (Å²) in [5, 5.41) is 22.2. The zero-order valence-electron chi connectivity index (χ0n) is 13.9. The number of para-hydroxylation sites is 2. The smallest absolute Gasteiger partial charge is 0.342 e. The summed E-state index contributed by atoms with van der Waals surface area (Å²) >= 11 is 0. The van der Waals surface area contributed by atoms with Gasteiger partial charge in [-0.15, -0.1) is 0 Å². The van der Waals surface area contributed by atoms with Crippen LogP contribution in [0.1, 0.15) is 15.9 Å². The van der Waals surface area contributed by atoms with Gasteiger partial charge in [-0.25, -0.2) is 4.79 Å². The number of fused-ring (bicyclic) bond motifs is 1. The Hall–Kier alpha value is -3.55. The number of anilines is 2. The van der Waals surface area contributed by atoms with E-state index in [2.05, 4.69) is 5.32 Å². The molecule has 1 aliphatic heterocycles. The molecule has 0 unspecified atom stereocenters. The first-order valence-electron chi connectivity index (χ1n) is 7.76. The zero-order chi connectivity index (χ0) is 18.8. The maximum atomic E-state index is 12.4. The fraction of sp³-hybridized carbons (Fsp3) is 0.167. The number of nitrogens with one attached hydrogen (secondary N) is 1. The maximum Gasteiger partial charge on any atom is 0.342 e. The molecular weight excluding hydrogens is 340 g/mol. The summed E-state index contributed by atoms with van der Waals surface area (Å²) in [5.74, 6) is -2.93. The minimum absolute atomic E-state index is 0.191. The number of carbonyl (C=O) groups excluding carboxylic acids is 3. The number of esters is 1. The largest absolute Gasteiger partial charge is 0.504 e. The molecule has 0 bridgehead atoms. The molecule has 0 spiro atoms. The van der Waals surface area contributed by atoms with Crippen LogP contribution in [0.4, 0.5) is 11.4 Å². The van der Waals surface area contributed by atoms with Crippen LogP contribution in [0, 0.1) is 6.92 Å². The highest BCUT2D eigenvalue weighted by molar-refractivity contribution is 6.10. The van der Waals surface area contributed by atoms with E-state index in [9.17, 15) is 24.6 Å². The van der Waals surface area contributed by atoms with Gasteiger partial charge in [-0.2, -0.15) is 0 Å². The molecule has 2 aromatic rings. The summed E-state index contributed by atoms with van der Waals surface area (Å²) in [7, 11) is 0. The maximum absolute atomic E-state index is 12.4. The average molecular weight is 356 g/mol. The minimum atomic E-state index is -0.958. The number of nitrogens with zero attached hydrogens (tertiary/aromatic N) is 1. The van der Waals surface area contributed by atoms with Gasteiger partial charge in [-0.3, -0.25) is 14.5 Å². The average Bonchev–Trinajstić information content (AvgIpc) is 2.63. The monoisotopic (exact) mass is 356 g/mol. The Labute approximate surface area is 148 Å². The lowest BCUT2D eigenvalue weighted by Crippen LogP contribution is -2.44. The number of aromatic hydroxyl groups is 2. The van der Waals surface area contributed by atoms with Crippen molar-refractivity contribution < 1.29 is 29.3 Å². The second-order valence-electron chi connectivity index (χ2n) is 5.75.